The Balaban J connectivity index is 1.36. The molecule has 5 rings (SSSR count). The first-order chi connectivity index (χ1) is 14.3. The van der Waals surface area contributed by atoms with E-state index in [9.17, 15) is 5.11 Å². The molecule has 2 aliphatic rings. The number of aromatic nitrogens is 5. The maximum atomic E-state index is 10.5. The molecule has 0 aliphatic carbocycles. The van der Waals surface area contributed by atoms with E-state index in [1.54, 1.807) is 30.9 Å². The Hall–Kier alpha value is -3.06. The fourth-order valence-corrected chi connectivity index (χ4v) is 5.15. The number of nitrogens with one attached hydrogen (secondary N) is 1. The molecular weight excluding hydrogens is 376 g/mol. The van der Waals surface area contributed by atoms with Gasteiger partial charge in [-0.25, -0.2) is 9.97 Å². The molecular formula is C23H26N6O. The Labute approximate surface area is 175 Å². The minimum Gasteiger partial charge on any atom is -0.507 e. The topological polar surface area (TPSA) is 88.8 Å². The first kappa shape index (κ1) is 18.9. The SMILES string of the molecule is C=C(c1cnc(-c2ccc(-n3ccnc3)cc2O)nn1)[C@H]1C[C@]2(C)CC[C@](C)(C1)N2. The Morgan fingerprint density at radius 3 is 2.57 bits per heavy atom. The summed E-state index contributed by atoms with van der Waals surface area (Å²) in [5, 5.41) is 23.0. The Morgan fingerprint density at radius 2 is 1.97 bits per heavy atom. The Morgan fingerprint density at radius 1 is 1.20 bits per heavy atom. The van der Waals surface area contributed by atoms with Crippen LogP contribution in [-0.2, 0) is 0 Å². The van der Waals surface area contributed by atoms with Crippen LogP contribution < -0.4 is 5.32 Å². The molecule has 2 aromatic heterocycles. The Kier molecular flexibility index (Phi) is 4.25. The summed E-state index contributed by atoms with van der Waals surface area (Å²) in [6.07, 6.45) is 11.4. The van der Waals surface area contributed by atoms with Crippen LogP contribution in [0.25, 0.3) is 22.6 Å². The number of piperidine rings is 1. The molecule has 2 saturated heterocycles. The lowest BCUT2D eigenvalue weighted by atomic mass is 9.76. The standard InChI is InChI=1S/C23H26N6O/c1-15(16-11-22(2)6-7-23(3,12-16)28-22)19-13-25-21(27-26-19)18-5-4-17(10-20(18)30)29-9-8-24-14-29/h4-5,8-10,13-14,16,28,30H,1,6-7,11-12H2,2-3H3/t16-,22-,23+. The van der Waals surface area contributed by atoms with Crippen molar-refractivity contribution >= 4 is 5.57 Å². The third kappa shape index (κ3) is 3.29. The molecule has 0 radical (unpaired) electrons. The van der Waals surface area contributed by atoms with Crippen LogP contribution in [0.3, 0.4) is 0 Å². The zero-order chi connectivity index (χ0) is 20.9. The fourth-order valence-electron chi connectivity index (χ4n) is 5.15. The van der Waals surface area contributed by atoms with Gasteiger partial charge >= 0.3 is 0 Å². The van der Waals surface area contributed by atoms with Crippen LogP contribution >= 0.6 is 0 Å². The number of hydrogen-bond acceptors (Lipinski definition) is 6. The maximum absolute atomic E-state index is 10.5. The summed E-state index contributed by atoms with van der Waals surface area (Å²) >= 11 is 0. The number of allylic oxidation sites excluding steroid dienone is 1. The second-order valence-corrected chi connectivity index (χ2v) is 9.22. The summed E-state index contributed by atoms with van der Waals surface area (Å²) in [6.45, 7) is 8.95. The van der Waals surface area contributed by atoms with Crippen LogP contribution in [0.15, 0.2) is 49.7 Å². The van der Waals surface area contributed by atoms with Gasteiger partial charge in [0, 0.05) is 29.5 Å². The molecule has 2 N–H and O–H groups in total. The average molecular weight is 403 g/mol. The van der Waals surface area contributed by atoms with E-state index in [1.807, 2.05) is 16.8 Å². The molecule has 2 bridgehead atoms. The van der Waals surface area contributed by atoms with Crippen LogP contribution in [0.5, 0.6) is 5.75 Å². The summed E-state index contributed by atoms with van der Waals surface area (Å²) < 4.78 is 1.82. The van der Waals surface area contributed by atoms with Crippen molar-refractivity contribution in [3.05, 3.63) is 55.4 Å². The highest BCUT2D eigenvalue weighted by Crippen LogP contribution is 2.47. The number of hydrogen-bond donors (Lipinski definition) is 2. The highest BCUT2D eigenvalue weighted by molar-refractivity contribution is 5.67. The lowest BCUT2D eigenvalue weighted by molar-refractivity contribution is 0.201. The van der Waals surface area contributed by atoms with Crippen molar-refractivity contribution in [1.82, 2.24) is 30.0 Å². The highest BCUT2D eigenvalue weighted by Gasteiger charge is 2.49. The minimum absolute atomic E-state index is 0.102. The minimum atomic E-state index is 0.102. The smallest absolute Gasteiger partial charge is 0.185 e. The van der Waals surface area contributed by atoms with Crippen molar-refractivity contribution in [3.8, 4) is 22.8 Å². The second-order valence-electron chi connectivity index (χ2n) is 9.22. The van der Waals surface area contributed by atoms with E-state index in [1.165, 1.54) is 12.8 Å². The van der Waals surface area contributed by atoms with Gasteiger partial charge in [0.05, 0.1) is 23.8 Å². The van der Waals surface area contributed by atoms with Gasteiger partial charge in [-0.15, -0.1) is 10.2 Å². The van der Waals surface area contributed by atoms with Crippen molar-refractivity contribution in [2.45, 2.75) is 50.6 Å². The van der Waals surface area contributed by atoms with E-state index in [0.717, 1.165) is 29.8 Å². The molecule has 154 valence electrons. The molecule has 2 fully saturated rings. The summed E-state index contributed by atoms with van der Waals surface area (Å²) in [5.41, 5.74) is 3.43. The van der Waals surface area contributed by atoms with E-state index < -0.39 is 0 Å². The maximum Gasteiger partial charge on any atom is 0.185 e. The van der Waals surface area contributed by atoms with Crippen LogP contribution in [0, 0.1) is 5.92 Å². The van der Waals surface area contributed by atoms with Crippen molar-refractivity contribution < 1.29 is 5.11 Å². The highest BCUT2D eigenvalue weighted by atomic mass is 16.3. The van der Waals surface area contributed by atoms with Crippen molar-refractivity contribution in [3.63, 3.8) is 0 Å². The third-order valence-corrected chi connectivity index (χ3v) is 6.63. The molecule has 3 aromatic rings. The molecule has 3 atom stereocenters. The van der Waals surface area contributed by atoms with Gasteiger partial charge in [-0.1, -0.05) is 6.58 Å². The molecule has 30 heavy (non-hydrogen) atoms. The van der Waals surface area contributed by atoms with Gasteiger partial charge in [-0.05, 0) is 63.2 Å². The molecule has 7 nitrogen and oxygen atoms in total. The number of phenolic OH excluding ortho intramolecular Hbond substituents is 1. The monoisotopic (exact) mass is 402 g/mol. The molecule has 2 aliphatic heterocycles. The summed E-state index contributed by atoms with van der Waals surface area (Å²) in [5.74, 6) is 0.865. The normalized spacial score (nSPS) is 27.9. The van der Waals surface area contributed by atoms with Crippen LogP contribution in [0.1, 0.15) is 45.2 Å². The molecule has 0 saturated carbocycles. The van der Waals surface area contributed by atoms with E-state index >= 15 is 0 Å². The van der Waals surface area contributed by atoms with Gasteiger partial charge in [0.15, 0.2) is 5.82 Å². The predicted molar refractivity (Wildman–Crippen MR) is 115 cm³/mol. The number of rotatable bonds is 4. The number of fused-ring (bicyclic) bond motifs is 2. The summed E-state index contributed by atoms with van der Waals surface area (Å²) in [7, 11) is 0. The lowest BCUT2D eigenvalue weighted by Gasteiger charge is -2.42. The number of benzene rings is 1. The van der Waals surface area contributed by atoms with Gasteiger partial charge in [0.25, 0.3) is 0 Å². The first-order valence-corrected chi connectivity index (χ1v) is 10.3. The second kappa shape index (κ2) is 6.74. The number of imidazole rings is 1. The zero-order valence-corrected chi connectivity index (χ0v) is 17.3. The van der Waals surface area contributed by atoms with Gasteiger partial charge in [-0.2, -0.15) is 0 Å². The molecule has 7 heteroatoms. The zero-order valence-electron chi connectivity index (χ0n) is 17.3. The van der Waals surface area contributed by atoms with Gasteiger partial charge in [0.2, 0.25) is 0 Å². The summed E-state index contributed by atoms with van der Waals surface area (Å²) in [4.78, 5) is 8.51. The van der Waals surface area contributed by atoms with Crippen molar-refractivity contribution in [1.29, 1.82) is 0 Å². The number of aromatic hydroxyl groups is 1. The van der Waals surface area contributed by atoms with Crippen molar-refractivity contribution in [2.75, 3.05) is 0 Å². The fraction of sp³-hybridized carbons (Fsp3) is 0.391. The predicted octanol–water partition coefficient (Wildman–Crippen LogP) is 3.75. The number of nitrogens with zero attached hydrogens (tertiary/aromatic N) is 5. The molecule has 0 amide bonds. The van der Waals surface area contributed by atoms with Gasteiger partial charge < -0.3 is 15.0 Å². The number of phenols is 1. The average Bonchev–Trinajstić information content (AvgIpc) is 3.33. The van der Waals surface area contributed by atoms with Crippen molar-refractivity contribution in [2.24, 2.45) is 5.92 Å². The molecule has 1 aromatic carbocycles. The van der Waals surface area contributed by atoms with Gasteiger partial charge in [-0.3, -0.25) is 0 Å². The third-order valence-electron chi connectivity index (χ3n) is 6.63. The Bertz CT molecular complexity index is 1080. The molecule has 0 spiro atoms. The largest absolute Gasteiger partial charge is 0.507 e. The molecule has 0 unspecified atom stereocenters. The molecule has 4 heterocycles. The van der Waals surface area contributed by atoms with Gasteiger partial charge in [0.1, 0.15) is 11.4 Å². The van der Waals surface area contributed by atoms with Crippen LogP contribution in [-0.4, -0.2) is 40.9 Å². The van der Waals surface area contributed by atoms with E-state index in [2.05, 4.69) is 45.9 Å². The van der Waals surface area contributed by atoms with Crippen LogP contribution in [0.4, 0.5) is 0 Å². The van der Waals surface area contributed by atoms with E-state index in [0.29, 0.717) is 17.3 Å². The summed E-state index contributed by atoms with van der Waals surface area (Å²) in [6, 6.07) is 5.35. The first-order valence-electron chi connectivity index (χ1n) is 10.3. The van der Waals surface area contributed by atoms with Crippen LogP contribution in [0.2, 0.25) is 0 Å². The lowest BCUT2D eigenvalue weighted by Crippen LogP contribution is -2.53. The quantitative estimate of drug-likeness (QED) is 0.691. The van der Waals surface area contributed by atoms with E-state index in [4.69, 9.17) is 0 Å². The van der Waals surface area contributed by atoms with E-state index in [-0.39, 0.29) is 16.8 Å².